The lowest BCUT2D eigenvalue weighted by Gasteiger charge is -2.09. The third kappa shape index (κ3) is 3.33. The average Bonchev–Trinajstić information content (AvgIpc) is 2.76. The highest BCUT2D eigenvalue weighted by molar-refractivity contribution is 5.30. The SMILES string of the molecule is Cc1cc(COc2cccc(C(F)(F)F)c2)oc1CN. The van der Waals surface area contributed by atoms with E-state index in [1.54, 1.807) is 6.07 Å². The molecule has 0 bridgehead atoms. The summed E-state index contributed by atoms with van der Waals surface area (Å²) in [4.78, 5) is 0. The van der Waals surface area contributed by atoms with Gasteiger partial charge in [0.1, 0.15) is 23.9 Å². The van der Waals surface area contributed by atoms with Gasteiger partial charge >= 0.3 is 6.18 Å². The molecule has 20 heavy (non-hydrogen) atoms. The average molecular weight is 285 g/mol. The first-order valence-corrected chi connectivity index (χ1v) is 5.98. The van der Waals surface area contributed by atoms with Crippen LogP contribution >= 0.6 is 0 Å². The summed E-state index contributed by atoms with van der Waals surface area (Å²) in [6.07, 6.45) is -4.38. The Hall–Kier alpha value is -1.95. The molecular weight excluding hydrogens is 271 g/mol. The second-order valence-corrected chi connectivity index (χ2v) is 4.34. The minimum Gasteiger partial charge on any atom is -0.486 e. The summed E-state index contributed by atoms with van der Waals surface area (Å²) in [5.41, 5.74) is 5.64. The van der Waals surface area contributed by atoms with Crippen molar-refractivity contribution in [3.63, 3.8) is 0 Å². The van der Waals surface area contributed by atoms with Gasteiger partial charge in [0.25, 0.3) is 0 Å². The Morgan fingerprint density at radius 1 is 1.25 bits per heavy atom. The number of nitrogens with two attached hydrogens (primary N) is 1. The largest absolute Gasteiger partial charge is 0.486 e. The van der Waals surface area contributed by atoms with Gasteiger partial charge in [-0.05, 0) is 36.8 Å². The molecule has 1 aromatic carbocycles. The molecule has 0 saturated heterocycles. The van der Waals surface area contributed by atoms with Crippen molar-refractivity contribution in [2.75, 3.05) is 0 Å². The third-order valence-electron chi connectivity index (χ3n) is 2.80. The van der Waals surface area contributed by atoms with Crippen LogP contribution in [0.5, 0.6) is 5.75 Å². The van der Waals surface area contributed by atoms with Crippen molar-refractivity contribution in [3.8, 4) is 5.75 Å². The first-order valence-electron chi connectivity index (χ1n) is 5.98. The van der Waals surface area contributed by atoms with Crippen LogP contribution in [0.2, 0.25) is 0 Å². The lowest BCUT2D eigenvalue weighted by molar-refractivity contribution is -0.137. The smallest absolute Gasteiger partial charge is 0.416 e. The van der Waals surface area contributed by atoms with Crippen molar-refractivity contribution in [2.45, 2.75) is 26.3 Å². The number of ether oxygens (including phenoxy) is 1. The topological polar surface area (TPSA) is 48.4 Å². The van der Waals surface area contributed by atoms with Gasteiger partial charge in [-0.15, -0.1) is 0 Å². The normalized spacial score (nSPS) is 11.7. The van der Waals surface area contributed by atoms with Gasteiger partial charge < -0.3 is 14.9 Å². The van der Waals surface area contributed by atoms with Gasteiger partial charge in [0, 0.05) is 0 Å². The molecule has 2 rings (SSSR count). The van der Waals surface area contributed by atoms with Gasteiger partial charge in [-0.1, -0.05) is 6.07 Å². The molecule has 2 N–H and O–H groups in total. The zero-order valence-electron chi connectivity index (χ0n) is 10.8. The molecule has 2 aromatic rings. The third-order valence-corrected chi connectivity index (χ3v) is 2.80. The van der Waals surface area contributed by atoms with Gasteiger partial charge in [0.2, 0.25) is 0 Å². The second-order valence-electron chi connectivity index (χ2n) is 4.34. The van der Waals surface area contributed by atoms with E-state index in [0.29, 0.717) is 11.5 Å². The highest BCUT2D eigenvalue weighted by Gasteiger charge is 2.30. The fourth-order valence-electron chi connectivity index (χ4n) is 1.78. The van der Waals surface area contributed by atoms with Crippen LogP contribution in [0, 0.1) is 6.92 Å². The van der Waals surface area contributed by atoms with Crippen molar-refractivity contribution in [3.05, 3.63) is 53.0 Å². The van der Waals surface area contributed by atoms with Crippen LogP contribution in [0.3, 0.4) is 0 Å². The zero-order valence-corrected chi connectivity index (χ0v) is 10.8. The Bertz CT molecular complexity index is 590. The van der Waals surface area contributed by atoms with Crippen LogP contribution in [0.15, 0.2) is 34.7 Å². The molecule has 0 aliphatic rings. The molecule has 0 atom stereocenters. The quantitative estimate of drug-likeness (QED) is 0.932. The second kappa shape index (κ2) is 5.58. The predicted octanol–water partition coefficient (Wildman–Crippen LogP) is 3.64. The van der Waals surface area contributed by atoms with E-state index in [4.69, 9.17) is 14.9 Å². The van der Waals surface area contributed by atoms with Gasteiger partial charge in [0.15, 0.2) is 0 Å². The van der Waals surface area contributed by atoms with Crippen molar-refractivity contribution in [2.24, 2.45) is 5.73 Å². The summed E-state index contributed by atoms with van der Waals surface area (Å²) in [5, 5.41) is 0. The van der Waals surface area contributed by atoms with Crippen molar-refractivity contribution in [1.82, 2.24) is 0 Å². The van der Waals surface area contributed by atoms with E-state index in [9.17, 15) is 13.2 Å². The van der Waals surface area contributed by atoms with E-state index in [-0.39, 0.29) is 18.9 Å². The fourth-order valence-corrected chi connectivity index (χ4v) is 1.78. The van der Waals surface area contributed by atoms with E-state index in [0.717, 1.165) is 17.7 Å². The van der Waals surface area contributed by atoms with E-state index in [1.807, 2.05) is 6.92 Å². The molecule has 1 heterocycles. The molecule has 3 nitrogen and oxygen atoms in total. The molecule has 1 aromatic heterocycles. The summed E-state index contributed by atoms with van der Waals surface area (Å²) in [6.45, 7) is 2.18. The molecule has 0 amide bonds. The molecule has 6 heteroatoms. The number of hydrogen-bond donors (Lipinski definition) is 1. The van der Waals surface area contributed by atoms with Gasteiger partial charge in [-0.25, -0.2) is 0 Å². The summed E-state index contributed by atoms with van der Waals surface area (Å²) < 4.78 is 48.4. The highest BCUT2D eigenvalue weighted by Crippen LogP contribution is 2.31. The summed E-state index contributed by atoms with van der Waals surface area (Å²) in [7, 11) is 0. The summed E-state index contributed by atoms with van der Waals surface area (Å²) in [5.74, 6) is 1.32. The van der Waals surface area contributed by atoms with E-state index in [2.05, 4.69) is 0 Å². The van der Waals surface area contributed by atoms with Gasteiger partial charge in [0.05, 0.1) is 12.1 Å². The number of benzene rings is 1. The maximum absolute atomic E-state index is 12.5. The van der Waals surface area contributed by atoms with Crippen molar-refractivity contribution in [1.29, 1.82) is 0 Å². The Morgan fingerprint density at radius 3 is 2.60 bits per heavy atom. The van der Waals surface area contributed by atoms with Crippen molar-refractivity contribution < 1.29 is 22.3 Å². The lowest BCUT2D eigenvalue weighted by atomic mass is 10.2. The molecule has 108 valence electrons. The fraction of sp³-hybridized carbons (Fsp3) is 0.286. The zero-order chi connectivity index (χ0) is 14.8. The van der Waals surface area contributed by atoms with Gasteiger partial charge in [-0.3, -0.25) is 0 Å². The number of aryl methyl sites for hydroxylation is 1. The molecular formula is C14H14F3NO2. The molecule has 0 unspecified atom stereocenters. The molecule has 0 saturated carbocycles. The lowest BCUT2D eigenvalue weighted by Crippen LogP contribution is -2.05. The van der Waals surface area contributed by atoms with Crippen LogP contribution in [0.1, 0.15) is 22.6 Å². The molecule has 0 spiro atoms. The standard InChI is InChI=1S/C14H14F3NO2/c1-9-5-12(20-13(9)7-18)8-19-11-4-2-3-10(6-11)14(15,16)17/h2-6H,7-8,18H2,1H3. The van der Waals surface area contributed by atoms with E-state index < -0.39 is 11.7 Å². The first-order chi connectivity index (χ1) is 9.40. The molecule has 0 radical (unpaired) electrons. The summed E-state index contributed by atoms with van der Waals surface area (Å²) in [6, 6.07) is 6.48. The van der Waals surface area contributed by atoms with E-state index >= 15 is 0 Å². The molecule has 0 fully saturated rings. The monoisotopic (exact) mass is 285 g/mol. The number of alkyl halides is 3. The Balaban J connectivity index is 2.07. The van der Waals surface area contributed by atoms with E-state index in [1.165, 1.54) is 12.1 Å². The van der Waals surface area contributed by atoms with Crippen LogP contribution in [-0.4, -0.2) is 0 Å². The molecule has 0 aliphatic heterocycles. The summed E-state index contributed by atoms with van der Waals surface area (Å²) >= 11 is 0. The maximum atomic E-state index is 12.5. The number of hydrogen-bond acceptors (Lipinski definition) is 3. The van der Waals surface area contributed by atoms with Gasteiger partial charge in [-0.2, -0.15) is 13.2 Å². The van der Waals surface area contributed by atoms with Crippen LogP contribution in [0.25, 0.3) is 0 Å². The molecule has 0 aliphatic carbocycles. The predicted molar refractivity (Wildman–Crippen MR) is 67.1 cm³/mol. The highest BCUT2D eigenvalue weighted by atomic mass is 19.4. The minimum absolute atomic E-state index is 0.0577. The van der Waals surface area contributed by atoms with Crippen LogP contribution in [-0.2, 0) is 19.3 Å². The maximum Gasteiger partial charge on any atom is 0.416 e. The number of rotatable bonds is 4. The number of halogens is 3. The van der Waals surface area contributed by atoms with Crippen LogP contribution < -0.4 is 10.5 Å². The number of furan rings is 1. The first kappa shape index (κ1) is 14.5. The van der Waals surface area contributed by atoms with Crippen LogP contribution in [0.4, 0.5) is 13.2 Å². The van der Waals surface area contributed by atoms with Crippen molar-refractivity contribution >= 4 is 0 Å². The Kier molecular flexibility index (Phi) is 4.04. The Morgan fingerprint density at radius 2 is 2.00 bits per heavy atom. The Labute approximate surface area is 114 Å². The minimum atomic E-state index is -4.38.